The quantitative estimate of drug-likeness (QED) is 0.619. The van der Waals surface area contributed by atoms with Crippen LogP contribution >= 0.6 is 0 Å². The van der Waals surface area contributed by atoms with Crippen molar-refractivity contribution in [3.05, 3.63) is 24.8 Å². The summed E-state index contributed by atoms with van der Waals surface area (Å²) in [6.07, 6.45) is 4.64. The van der Waals surface area contributed by atoms with E-state index < -0.39 is 11.8 Å². The third kappa shape index (κ3) is 4.82. The maximum Gasteiger partial charge on any atom is 0.316 e. The molecule has 2 aromatic heterocycles. The zero-order valence-corrected chi connectivity index (χ0v) is 17.1. The fraction of sp³-hybridized carbons (Fsp3) is 0.444. The first-order valence-corrected chi connectivity index (χ1v) is 9.32. The number of methoxy groups -OCH3 is 1. The van der Waals surface area contributed by atoms with Crippen molar-refractivity contribution >= 4 is 29.4 Å². The van der Waals surface area contributed by atoms with Crippen LogP contribution in [-0.4, -0.2) is 94.7 Å². The van der Waals surface area contributed by atoms with E-state index in [0.29, 0.717) is 31.9 Å². The van der Waals surface area contributed by atoms with E-state index in [1.165, 1.54) is 20.8 Å². The first-order valence-electron chi connectivity index (χ1n) is 9.32. The van der Waals surface area contributed by atoms with Crippen molar-refractivity contribution in [2.75, 3.05) is 57.6 Å². The van der Waals surface area contributed by atoms with Crippen LogP contribution < -0.4 is 15.0 Å². The highest BCUT2D eigenvalue weighted by molar-refractivity contribution is 6.39. The van der Waals surface area contributed by atoms with Gasteiger partial charge in [0.05, 0.1) is 19.0 Å². The highest BCUT2D eigenvalue weighted by Crippen LogP contribution is 2.27. The largest absolute Gasteiger partial charge is 0.493 e. The molecule has 3 amide bonds. The zero-order chi connectivity index (χ0) is 21.7. The predicted octanol–water partition coefficient (Wildman–Crippen LogP) is -0.943. The van der Waals surface area contributed by atoms with Gasteiger partial charge in [-0.25, -0.2) is 9.67 Å². The number of nitrogens with one attached hydrogen (secondary N) is 1. The summed E-state index contributed by atoms with van der Waals surface area (Å²) in [5.41, 5.74) is 0.895. The molecule has 1 saturated heterocycles. The average molecular weight is 416 g/mol. The molecule has 30 heavy (non-hydrogen) atoms. The molecule has 0 aromatic carbocycles. The Hall–Kier alpha value is -3.70. The van der Waals surface area contributed by atoms with Crippen LogP contribution in [0.4, 0.5) is 11.6 Å². The molecule has 12 heteroatoms. The third-order valence-electron chi connectivity index (χ3n) is 4.64. The smallest absolute Gasteiger partial charge is 0.316 e. The molecule has 3 rings (SSSR count). The van der Waals surface area contributed by atoms with Gasteiger partial charge in [-0.2, -0.15) is 0 Å². The van der Waals surface area contributed by atoms with Gasteiger partial charge in [-0.05, 0) is 6.07 Å². The standard InChI is InChI=1S/C18H24N8O4/c1-23(2)15(27)11-26-12-20-18(22-26)21-16(28)17(29)25-8-6-24(7-9-25)13-4-5-19-10-14(13)30-3/h4-5,10,12H,6-9,11H2,1-3H3,(H,21,22,28). The highest BCUT2D eigenvalue weighted by Gasteiger charge is 2.27. The van der Waals surface area contributed by atoms with Crippen LogP contribution in [0.25, 0.3) is 0 Å². The van der Waals surface area contributed by atoms with Crippen molar-refractivity contribution in [2.45, 2.75) is 6.54 Å². The SMILES string of the molecule is COc1cnccc1N1CCN(C(=O)C(=O)Nc2ncn(CC(=O)N(C)C)n2)CC1. The van der Waals surface area contributed by atoms with Gasteiger partial charge in [-0.1, -0.05) is 0 Å². The predicted molar refractivity (Wildman–Crippen MR) is 107 cm³/mol. The summed E-state index contributed by atoms with van der Waals surface area (Å²) >= 11 is 0. The van der Waals surface area contributed by atoms with E-state index in [1.807, 2.05) is 6.07 Å². The first-order chi connectivity index (χ1) is 14.4. The molecule has 160 valence electrons. The lowest BCUT2D eigenvalue weighted by molar-refractivity contribution is -0.143. The number of hydrogen-bond donors (Lipinski definition) is 1. The van der Waals surface area contributed by atoms with E-state index in [0.717, 1.165) is 5.69 Å². The number of anilines is 2. The number of carbonyl (C=O) groups excluding carboxylic acids is 3. The number of hydrogen-bond acceptors (Lipinski definition) is 8. The second-order valence-electron chi connectivity index (χ2n) is 6.83. The van der Waals surface area contributed by atoms with Gasteiger partial charge >= 0.3 is 11.8 Å². The van der Waals surface area contributed by atoms with E-state index in [1.54, 1.807) is 33.6 Å². The molecule has 1 aliphatic rings. The van der Waals surface area contributed by atoms with Gasteiger partial charge in [-0.3, -0.25) is 24.7 Å². The molecular formula is C18H24N8O4. The normalized spacial score (nSPS) is 13.7. The van der Waals surface area contributed by atoms with Crippen LogP contribution in [0.3, 0.4) is 0 Å². The maximum atomic E-state index is 12.5. The molecule has 0 bridgehead atoms. The molecule has 0 saturated carbocycles. The fourth-order valence-electron chi connectivity index (χ4n) is 2.95. The number of rotatable bonds is 5. The van der Waals surface area contributed by atoms with Gasteiger partial charge in [0.25, 0.3) is 0 Å². The van der Waals surface area contributed by atoms with Crippen molar-refractivity contribution in [3.8, 4) is 5.75 Å². The first kappa shape index (κ1) is 21.0. The number of ether oxygens (including phenoxy) is 1. The third-order valence-corrected chi connectivity index (χ3v) is 4.64. The van der Waals surface area contributed by atoms with E-state index in [9.17, 15) is 14.4 Å². The van der Waals surface area contributed by atoms with E-state index in [4.69, 9.17) is 4.74 Å². The number of carbonyl (C=O) groups is 3. The van der Waals surface area contributed by atoms with Gasteiger partial charge in [0.15, 0.2) is 5.75 Å². The molecule has 3 heterocycles. The summed E-state index contributed by atoms with van der Waals surface area (Å²) in [6, 6.07) is 1.85. The summed E-state index contributed by atoms with van der Waals surface area (Å²) in [7, 11) is 4.84. The molecule has 2 aromatic rings. The van der Waals surface area contributed by atoms with Gasteiger partial charge in [0.2, 0.25) is 11.9 Å². The van der Waals surface area contributed by atoms with Crippen LogP contribution in [0.2, 0.25) is 0 Å². The van der Waals surface area contributed by atoms with Crippen molar-refractivity contribution in [1.29, 1.82) is 0 Å². The van der Waals surface area contributed by atoms with Crippen LogP contribution in [-0.2, 0) is 20.9 Å². The average Bonchev–Trinajstić information content (AvgIpc) is 3.19. The number of piperazine rings is 1. The number of amides is 3. The summed E-state index contributed by atoms with van der Waals surface area (Å²) in [4.78, 5) is 49.4. The minimum atomic E-state index is -0.818. The van der Waals surface area contributed by atoms with Crippen LogP contribution in [0.5, 0.6) is 5.75 Å². The number of pyridine rings is 1. The Kier molecular flexibility index (Phi) is 6.45. The van der Waals surface area contributed by atoms with Gasteiger partial charge < -0.3 is 19.4 Å². The van der Waals surface area contributed by atoms with E-state index in [-0.39, 0.29) is 18.4 Å². The van der Waals surface area contributed by atoms with Crippen LogP contribution in [0.1, 0.15) is 0 Å². The van der Waals surface area contributed by atoms with Gasteiger partial charge in [0.1, 0.15) is 12.9 Å². The second-order valence-corrected chi connectivity index (χ2v) is 6.83. The van der Waals surface area contributed by atoms with Crippen molar-refractivity contribution in [1.82, 2.24) is 29.5 Å². The minimum absolute atomic E-state index is 0.00968. The molecule has 0 radical (unpaired) electrons. The topological polar surface area (TPSA) is 126 Å². The summed E-state index contributed by atoms with van der Waals surface area (Å²) in [5.74, 6) is -1.01. The fourth-order valence-corrected chi connectivity index (χ4v) is 2.95. The van der Waals surface area contributed by atoms with Crippen molar-refractivity contribution in [3.63, 3.8) is 0 Å². The molecule has 1 N–H and O–H groups in total. The summed E-state index contributed by atoms with van der Waals surface area (Å²) < 4.78 is 6.62. The Morgan fingerprint density at radius 2 is 1.93 bits per heavy atom. The number of nitrogens with zero attached hydrogens (tertiary/aromatic N) is 7. The molecule has 0 unspecified atom stereocenters. The number of aromatic nitrogens is 4. The van der Waals surface area contributed by atoms with Gasteiger partial charge in [0, 0.05) is 46.5 Å². The monoisotopic (exact) mass is 416 g/mol. The molecule has 12 nitrogen and oxygen atoms in total. The maximum absolute atomic E-state index is 12.5. The second kappa shape index (κ2) is 9.20. The van der Waals surface area contributed by atoms with Crippen molar-refractivity contribution < 1.29 is 19.1 Å². The molecule has 1 fully saturated rings. The zero-order valence-electron chi connectivity index (χ0n) is 17.1. The Labute approximate surface area is 173 Å². The lowest BCUT2D eigenvalue weighted by atomic mass is 10.2. The Morgan fingerprint density at radius 3 is 2.60 bits per heavy atom. The molecule has 0 aliphatic carbocycles. The Balaban J connectivity index is 1.53. The summed E-state index contributed by atoms with van der Waals surface area (Å²) in [5, 5.41) is 6.38. The van der Waals surface area contributed by atoms with Gasteiger partial charge in [-0.15, -0.1) is 5.10 Å². The molecular weight excluding hydrogens is 392 g/mol. The Morgan fingerprint density at radius 1 is 1.20 bits per heavy atom. The summed E-state index contributed by atoms with van der Waals surface area (Å²) in [6.45, 7) is 1.87. The van der Waals surface area contributed by atoms with Crippen molar-refractivity contribution in [2.24, 2.45) is 0 Å². The van der Waals surface area contributed by atoms with E-state index >= 15 is 0 Å². The Bertz CT molecular complexity index is 920. The molecule has 1 aliphatic heterocycles. The molecule has 0 spiro atoms. The van der Waals surface area contributed by atoms with Crippen LogP contribution in [0, 0.1) is 0 Å². The lowest BCUT2D eigenvalue weighted by Gasteiger charge is -2.36. The van der Waals surface area contributed by atoms with E-state index in [2.05, 4.69) is 25.3 Å². The lowest BCUT2D eigenvalue weighted by Crippen LogP contribution is -2.51. The minimum Gasteiger partial charge on any atom is -0.493 e. The number of likely N-dealkylation sites (N-methyl/N-ethyl adjacent to an activating group) is 1. The molecule has 0 atom stereocenters. The highest BCUT2D eigenvalue weighted by atomic mass is 16.5. The van der Waals surface area contributed by atoms with Crippen LogP contribution in [0.15, 0.2) is 24.8 Å².